The van der Waals surface area contributed by atoms with E-state index in [1.54, 1.807) is 19.2 Å². The van der Waals surface area contributed by atoms with Gasteiger partial charge < -0.3 is 20.1 Å². The van der Waals surface area contributed by atoms with Gasteiger partial charge >= 0.3 is 6.61 Å². The second kappa shape index (κ2) is 12.3. The number of halogens is 3. The zero-order valence-electron chi connectivity index (χ0n) is 16.0. The summed E-state index contributed by atoms with van der Waals surface area (Å²) in [5.74, 6) is 0.779. The second-order valence-corrected chi connectivity index (χ2v) is 6.69. The van der Waals surface area contributed by atoms with Gasteiger partial charge in [0.25, 0.3) is 0 Å². The molecule has 26 heavy (non-hydrogen) atoms. The Hall–Kier alpha value is -1.16. The Morgan fingerprint density at radius 3 is 2.46 bits per heavy atom. The van der Waals surface area contributed by atoms with Crippen LogP contribution in [0, 0.1) is 5.41 Å². The van der Waals surface area contributed by atoms with Gasteiger partial charge in [-0.2, -0.15) is 8.78 Å². The highest BCUT2D eigenvalue weighted by Gasteiger charge is 2.24. The molecular weight excluding hydrogens is 455 g/mol. The van der Waals surface area contributed by atoms with Gasteiger partial charge in [0.1, 0.15) is 5.75 Å². The van der Waals surface area contributed by atoms with E-state index in [4.69, 9.17) is 4.74 Å². The van der Waals surface area contributed by atoms with Crippen LogP contribution >= 0.6 is 24.0 Å². The van der Waals surface area contributed by atoms with Gasteiger partial charge in [-0.25, -0.2) is 4.99 Å². The number of rotatable bonds is 8. The lowest BCUT2D eigenvalue weighted by molar-refractivity contribution is -0.0498. The Labute approximate surface area is 172 Å². The molecule has 1 rings (SSSR count). The van der Waals surface area contributed by atoms with Crippen LogP contribution in [0.1, 0.15) is 33.3 Å². The van der Waals surface area contributed by atoms with Gasteiger partial charge in [0.2, 0.25) is 0 Å². The van der Waals surface area contributed by atoms with Crippen molar-refractivity contribution in [3.05, 3.63) is 29.8 Å². The van der Waals surface area contributed by atoms with Crippen LogP contribution in [-0.2, 0) is 11.3 Å². The molecule has 1 aromatic carbocycles. The molecule has 1 atom stereocenters. The zero-order valence-corrected chi connectivity index (χ0v) is 18.3. The Bertz CT molecular complexity index is 551. The number of aliphatic imine (C=N–C) groups is 1. The minimum Gasteiger partial charge on any atom is -0.435 e. The number of alkyl halides is 2. The number of guanidine groups is 1. The first kappa shape index (κ1) is 24.8. The van der Waals surface area contributed by atoms with E-state index in [9.17, 15) is 8.78 Å². The number of hydrogen-bond acceptors (Lipinski definition) is 3. The number of hydrogen-bond donors (Lipinski definition) is 2. The summed E-state index contributed by atoms with van der Waals surface area (Å²) in [4.78, 5) is 4.49. The summed E-state index contributed by atoms with van der Waals surface area (Å²) in [6, 6.07) is 6.55. The van der Waals surface area contributed by atoms with E-state index in [2.05, 4.69) is 41.1 Å². The predicted octanol–water partition coefficient (Wildman–Crippen LogP) is 4.02. The molecule has 0 radical (unpaired) electrons. The van der Waals surface area contributed by atoms with Gasteiger partial charge in [0.05, 0.1) is 12.6 Å². The van der Waals surface area contributed by atoms with Gasteiger partial charge in [-0.05, 0) is 30.0 Å². The summed E-state index contributed by atoms with van der Waals surface area (Å²) in [6.45, 7) is 7.16. The standard InChI is InChI=1S/C18H29F2N3O2.HI/c1-6-21-17(23-12-15(24-5)18(2,3)4)22-11-13-8-7-9-14(10-13)25-16(19)20;/h7-10,15-16H,6,11-12H2,1-5H3,(H2,21,22,23);1H. The van der Waals surface area contributed by atoms with Crippen LogP contribution in [-0.4, -0.2) is 38.9 Å². The number of methoxy groups -OCH3 is 1. The molecule has 0 aliphatic rings. The summed E-state index contributed by atoms with van der Waals surface area (Å²) in [5, 5.41) is 6.42. The number of ether oxygens (including phenoxy) is 2. The van der Waals surface area contributed by atoms with Crippen molar-refractivity contribution in [2.45, 2.75) is 47.0 Å². The van der Waals surface area contributed by atoms with E-state index in [1.807, 2.05) is 13.0 Å². The van der Waals surface area contributed by atoms with Crippen molar-refractivity contribution in [1.29, 1.82) is 0 Å². The van der Waals surface area contributed by atoms with E-state index in [0.29, 0.717) is 25.6 Å². The lowest BCUT2D eigenvalue weighted by Crippen LogP contribution is -2.45. The van der Waals surface area contributed by atoms with Crippen LogP contribution < -0.4 is 15.4 Å². The zero-order chi connectivity index (χ0) is 18.9. The molecule has 0 aromatic heterocycles. The third kappa shape index (κ3) is 9.51. The highest BCUT2D eigenvalue weighted by atomic mass is 127. The Morgan fingerprint density at radius 1 is 1.23 bits per heavy atom. The smallest absolute Gasteiger partial charge is 0.387 e. The van der Waals surface area contributed by atoms with Crippen molar-refractivity contribution < 1.29 is 18.3 Å². The number of nitrogens with zero attached hydrogens (tertiary/aromatic N) is 1. The first-order valence-corrected chi connectivity index (χ1v) is 8.35. The Balaban J connectivity index is 0.00000625. The first-order chi connectivity index (χ1) is 11.8. The molecule has 0 spiro atoms. The molecule has 0 fully saturated rings. The van der Waals surface area contributed by atoms with Crippen molar-refractivity contribution in [1.82, 2.24) is 10.6 Å². The van der Waals surface area contributed by atoms with Crippen molar-refractivity contribution >= 4 is 29.9 Å². The van der Waals surface area contributed by atoms with Crippen molar-refractivity contribution in [2.24, 2.45) is 10.4 Å². The number of benzene rings is 1. The van der Waals surface area contributed by atoms with E-state index in [0.717, 1.165) is 5.56 Å². The van der Waals surface area contributed by atoms with Crippen LogP contribution in [0.5, 0.6) is 5.75 Å². The molecule has 0 bridgehead atoms. The molecule has 0 amide bonds. The minimum absolute atomic E-state index is 0. The average Bonchev–Trinajstić information content (AvgIpc) is 2.51. The van der Waals surface area contributed by atoms with Crippen molar-refractivity contribution in [3.8, 4) is 5.75 Å². The molecule has 0 aliphatic heterocycles. The fourth-order valence-electron chi connectivity index (χ4n) is 2.26. The van der Waals surface area contributed by atoms with E-state index >= 15 is 0 Å². The van der Waals surface area contributed by atoms with E-state index in [1.165, 1.54) is 6.07 Å². The molecule has 0 saturated heterocycles. The molecule has 150 valence electrons. The van der Waals surface area contributed by atoms with Gasteiger partial charge in [-0.15, -0.1) is 24.0 Å². The van der Waals surface area contributed by atoms with Gasteiger partial charge in [-0.3, -0.25) is 0 Å². The van der Waals surface area contributed by atoms with Crippen molar-refractivity contribution in [2.75, 3.05) is 20.2 Å². The molecular formula is C18H30F2IN3O2. The maximum Gasteiger partial charge on any atom is 0.387 e. The lowest BCUT2D eigenvalue weighted by Gasteiger charge is -2.30. The fourth-order valence-corrected chi connectivity index (χ4v) is 2.26. The van der Waals surface area contributed by atoms with E-state index < -0.39 is 6.61 Å². The van der Waals surface area contributed by atoms with E-state index in [-0.39, 0.29) is 41.2 Å². The summed E-state index contributed by atoms with van der Waals surface area (Å²) in [6.07, 6.45) is 0.0270. The summed E-state index contributed by atoms with van der Waals surface area (Å²) in [7, 11) is 1.69. The topological polar surface area (TPSA) is 54.9 Å². The Morgan fingerprint density at radius 2 is 1.92 bits per heavy atom. The van der Waals surface area contributed by atoms with Crippen LogP contribution in [0.25, 0.3) is 0 Å². The van der Waals surface area contributed by atoms with Crippen LogP contribution in [0.2, 0.25) is 0 Å². The normalized spacial score (nSPS) is 13.2. The summed E-state index contributed by atoms with van der Waals surface area (Å²) in [5.41, 5.74) is 0.787. The molecule has 0 saturated carbocycles. The molecule has 0 aliphatic carbocycles. The third-order valence-electron chi connectivity index (χ3n) is 3.59. The predicted molar refractivity (Wildman–Crippen MR) is 112 cm³/mol. The van der Waals surface area contributed by atoms with Crippen LogP contribution in [0.15, 0.2) is 29.3 Å². The molecule has 1 aromatic rings. The maximum absolute atomic E-state index is 12.3. The highest BCUT2D eigenvalue weighted by Crippen LogP contribution is 2.21. The highest BCUT2D eigenvalue weighted by molar-refractivity contribution is 14.0. The molecule has 2 N–H and O–H groups in total. The number of nitrogens with one attached hydrogen (secondary N) is 2. The molecule has 8 heteroatoms. The third-order valence-corrected chi connectivity index (χ3v) is 3.59. The first-order valence-electron chi connectivity index (χ1n) is 8.35. The maximum atomic E-state index is 12.3. The van der Waals surface area contributed by atoms with Gasteiger partial charge in [0.15, 0.2) is 5.96 Å². The summed E-state index contributed by atoms with van der Waals surface area (Å²) < 4.78 is 34.5. The van der Waals surface area contributed by atoms with Crippen LogP contribution in [0.3, 0.4) is 0 Å². The lowest BCUT2D eigenvalue weighted by atomic mass is 9.89. The van der Waals surface area contributed by atoms with Gasteiger partial charge in [-0.1, -0.05) is 32.9 Å². The average molecular weight is 485 g/mol. The molecule has 5 nitrogen and oxygen atoms in total. The second-order valence-electron chi connectivity index (χ2n) is 6.69. The molecule has 1 unspecified atom stereocenters. The van der Waals surface area contributed by atoms with Crippen molar-refractivity contribution in [3.63, 3.8) is 0 Å². The summed E-state index contributed by atoms with van der Waals surface area (Å²) >= 11 is 0. The molecule has 0 heterocycles. The SMILES string of the molecule is CCNC(=NCc1cccc(OC(F)F)c1)NCC(OC)C(C)(C)C.I. The quantitative estimate of drug-likeness (QED) is 0.332. The monoisotopic (exact) mass is 485 g/mol. The van der Waals surface area contributed by atoms with Gasteiger partial charge in [0, 0.05) is 20.2 Å². The Kier molecular flexibility index (Phi) is 11.7. The minimum atomic E-state index is -2.83. The largest absolute Gasteiger partial charge is 0.435 e. The fraction of sp³-hybridized carbons (Fsp3) is 0.611. The van der Waals surface area contributed by atoms with Crippen LogP contribution in [0.4, 0.5) is 8.78 Å².